The van der Waals surface area contributed by atoms with Crippen molar-refractivity contribution < 1.29 is 19.3 Å². The zero-order chi connectivity index (χ0) is 13.9. The molecule has 0 aliphatic carbocycles. The van der Waals surface area contributed by atoms with E-state index in [1.165, 1.54) is 5.56 Å². The summed E-state index contributed by atoms with van der Waals surface area (Å²) in [6.07, 6.45) is 1.72. The van der Waals surface area contributed by atoms with Crippen molar-refractivity contribution in [3.8, 4) is 23.0 Å². The van der Waals surface area contributed by atoms with Gasteiger partial charge in [-0.25, -0.2) is 0 Å². The van der Waals surface area contributed by atoms with Crippen molar-refractivity contribution in [1.82, 2.24) is 0 Å². The summed E-state index contributed by atoms with van der Waals surface area (Å²) >= 11 is 0. The topological polar surface area (TPSA) is 47.9 Å². The van der Waals surface area contributed by atoms with Gasteiger partial charge in [0.25, 0.3) is 0 Å². The summed E-state index contributed by atoms with van der Waals surface area (Å²) in [5.41, 5.74) is 2.26. The summed E-state index contributed by atoms with van der Waals surface area (Å²) < 4.78 is 15.6. The highest BCUT2D eigenvalue weighted by Gasteiger charge is 2.18. The predicted molar refractivity (Wildman–Crippen MR) is 74.6 cm³/mol. The molecule has 4 nitrogen and oxygen atoms in total. The molecule has 0 unspecified atom stereocenters. The zero-order valence-electron chi connectivity index (χ0n) is 11.3. The lowest BCUT2D eigenvalue weighted by Gasteiger charge is -2.06. The summed E-state index contributed by atoms with van der Waals surface area (Å²) in [5, 5.41) is 9.86. The van der Waals surface area contributed by atoms with Gasteiger partial charge < -0.3 is 19.3 Å². The molecular formula is C16H16O4. The fraction of sp³-hybridized carbons (Fsp3) is 0.250. The lowest BCUT2D eigenvalue weighted by molar-refractivity contribution is 0.171. The van der Waals surface area contributed by atoms with E-state index < -0.39 is 0 Å². The number of rotatable bonds is 4. The number of aryl methyl sites for hydroxylation is 2. The van der Waals surface area contributed by atoms with Crippen LogP contribution in [-0.4, -0.2) is 19.0 Å². The smallest absolute Gasteiger partial charge is 0.231 e. The number of phenolic OH excluding ortho intramolecular Hbond substituents is 1. The van der Waals surface area contributed by atoms with E-state index >= 15 is 0 Å². The highest BCUT2D eigenvalue weighted by molar-refractivity contribution is 5.54. The first-order valence-electron chi connectivity index (χ1n) is 6.50. The van der Waals surface area contributed by atoms with Gasteiger partial charge in [-0.15, -0.1) is 0 Å². The second-order valence-electron chi connectivity index (χ2n) is 4.70. The van der Waals surface area contributed by atoms with Crippen LogP contribution in [0.1, 0.15) is 11.1 Å². The number of hydrogen-bond acceptors (Lipinski definition) is 4. The van der Waals surface area contributed by atoms with Gasteiger partial charge in [0.1, 0.15) is 5.75 Å². The third-order valence-electron chi connectivity index (χ3n) is 3.37. The lowest BCUT2D eigenvalue weighted by Crippen LogP contribution is -1.93. The third-order valence-corrected chi connectivity index (χ3v) is 3.37. The molecular weight excluding hydrogens is 256 g/mol. The molecule has 3 rings (SSSR count). The van der Waals surface area contributed by atoms with Crippen LogP contribution in [-0.2, 0) is 12.8 Å². The van der Waals surface area contributed by atoms with E-state index in [0.29, 0.717) is 11.5 Å². The van der Waals surface area contributed by atoms with Gasteiger partial charge in [0, 0.05) is 0 Å². The van der Waals surface area contributed by atoms with Crippen LogP contribution in [0, 0.1) is 0 Å². The molecule has 0 radical (unpaired) electrons. The van der Waals surface area contributed by atoms with Crippen molar-refractivity contribution in [2.24, 2.45) is 0 Å². The largest absolute Gasteiger partial charge is 0.504 e. The van der Waals surface area contributed by atoms with Gasteiger partial charge in [-0.3, -0.25) is 0 Å². The lowest BCUT2D eigenvalue weighted by atomic mass is 10.0. The van der Waals surface area contributed by atoms with Gasteiger partial charge in [0.05, 0.1) is 7.11 Å². The Morgan fingerprint density at radius 2 is 1.80 bits per heavy atom. The number of ether oxygens (including phenoxy) is 3. The SMILES string of the molecule is COc1ccc(CCc2cc(O)c3c(c2)OCO3)cc1. The molecule has 2 aromatic rings. The van der Waals surface area contributed by atoms with Crippen molar-refractivity contribution in [1.29, 1.82) is 0 Å². The van der Waals surface area contributed by atoms with Crippen molar-refractivity contribution >= 4 is 0 Å². The van der Waals surface area contributed by atoms with Gasteiger partial charge in [-0.1, -0.05) is 12.1 Å². The Morgan fingerprint density at radius 1 is 1.05 bits per heavy atom. The first-order valence-corrected chi connectivity index (χ1v) is 6.50. The average Bonchev–Trinajstić information content (AvgIpc) is 2.94. The molecule has 0 bridgehead atoms. The molecule has 0 amide bonds. The maximum absolute atomic E-state index is 9.86. The number of methoxy groups -OCH3 is 1. The maximum Gasteiger partial charge on any atom is 0.231 e. The quantitative estimate of drug-likeness (QED) is 0.929. The van der Waals surface area contributed by atoms with E-state index in [1.807, 2.05) is 30.3 Å². The molecule has 0 aromatic heterocycles. The molecule has 20 heavy (non-hydrogen) atoms. The summed E-state index contributed by atoms with van der Waals surface area (Å²) in [4.78, 5) is 0. The Labute approximate surface area is 117 Å². The third kappa shape index (κ3) is 2.50. The summed E-state index contributed by atoms with van der Waals surface area (Å²) in [6, 6.07) is 11.7. The van der Waals surface area contributed by atoms with Crippen LogP contribution in [0.2, 0.25) is 0 Å². The number of hydrogen-bond donors (Lipinski definition) is 1. The van der Waals surface area contributed by atoms with Crippen molar-refractivity contribution in [2.75, 3.05) is 13.9 Å². The Bertz CT molecular complexity index is 605. The van der Waals surface area contributed by atoms with E-state index in [9.17, 15) is 5.11 Å². The normalized spacial score (nSPS) is 12.4. The van der Waals surface area contributed by atoms with Crippen molar-refractivity contribution in [2.45, 2.75) is 12.8 Å². The fourth-order valence-corrected chi connectivity index (χ4v) is 2.27. The molecule has 0 fully saturated rings. The van der Waals surface area contributed by atoms with Crippen LogP contribution in [0.3, 0.4) is 0 Å². The molecule has 104 valence electrons. The first kappa shape index (κ1) is 12.7. The highest BCUT2D eigenvalue weighted by Crippen LogP contribution is 2.41. The van der Waals surface area contributed by atoms with Gasteiger partial charge in [-0.2, -0.15) is 0 Å². The molecule has 0 saturated carbocycles. The van der Waals surface area contributed by atoms with Crippen molar-refractivity contribution in [3.05, 3.63) is 47.5 Å². The molecule has 1 heterocycles. The predicted octanol–water partition coefficient (Wildman–Crippen LogP) is 2.91. The molecule has 0 saturated heterocycles. The molecule has 4 heteroatoms. The van der Waals surface area contributed by atoms with E-state index in [1.54, 1.807) is 13.2 Å². The standard InChI is InChI=1S/C16H16O4/c1-18-13-6-4-11(5-7-13)2-3-12-8-14(17)16-15(9-12)19-10-20-16/h4-9,17H,2-3,10H2,1H3. The minimum atomic E-state index is 0.143. The van der Waals surface area contributed by atoms with Crippen LogP contribution in [0.15, 0.2) is 36.4 Å². The second kappa shape index (κ2) is 5.33. The summed E-state index contributed by atoms with van der Waals surface area (Å²) in [5.74, 6) is 2.06. The Balaban J connectivity index is 1.70. The number of fused-ring (bicyclic) bond motifs is 1. The van der Waals surface area contributed by atoms with E-state index in [2.05, 4.69) is 0 Å². The summed E-state index contributed by atoms with van der Waals surface area (Å²) in [7, 11) is 1.66. The van der Waals surface area contributed by atoms with Crippen LogP contribution >= 0.6 is 0 Å². The Kier molecular flexibility index (Phi) is 3.37. The van der Waals surface area contributed by atoms with Crippen LogP contribution < -0.4 is 14.2 Å². The monoisotopic (exact) mass is 272 g/mol. The fourth-order valence-electron chi connectivity index (χ4n) is 2.27. The zero-order valence-corrected chi connectivity index (χ0v) is 11.3. The van der Waals surface area contributed by atoms with Gasteiger partial charge in [-0.05, 0) is 48.2 Å². The van der Waals surface area contributed by atoms with Gasteiger partial charge >= 0.3 is 0 Å². The molecule has 1 aliphatic rings. The second-order valence-corrected chi connectivity index (χ2v) is 4.70. The Hall–Kier alpha value is -2.36. The molecule has 1 N–H and O–H groups in total. The van der Waals surface area contributed by atoms with E-state index in [-0.39, 0.29) is 12.5 Å². The molecule has 0 spiro atoms. The van der Waals surface area contributed by atoms with E-state index in [0.717, 1.165) is 24.2 Å². The van der Waals surface area contributed by atoms with Crippen LogP contribution in [0.25, 0.3) is 0 Å². The van der Waals surface area contributed by atoms with Gasteiger partial charge in [0.2, 0.25) is 12.5 Å². The minimum absolute atomic E-state index is 0.143. The Morgan fingerprint density at radius 3 is 2.55 bits per heavy atom. The summed E-state index contributed by atoms with van der Waals surface area (Å²) in [6.45, 7) is 0.171. The average molecular weight is 272 g/mol. The first-order chi connectivity index (χ1) is 9.76. The maximum atomic E-state index is 9.86. The van der Waals surface area contributed by atoms with Crippen LogP contribution in [0.5, 0.6) is 23.0 Å². The van der Waals surface area contributed by atoms with Crippen LogP contribution in [0.4, 0.5) is 0 Å². The van der Waals surface area contributed by atoms with Gasteiger partial charge in [0.15, 0.2) is 11.5 Å². The molecule has 2 aromatic carbocycles. The van der Waals surface area contributed by atoms with Crippen molar-refractivity contribution in [3.63, 3.8) is 0 Å². The highest BCUT2D eigenvalue weighted by atomic mass is 16.7. The number of aromatic hydroxyl groups is 1. The molecule has 1 aliphatic heterocycles. The van der Waals surface area contributed by atoms with E-state index in [4.69, 9.17) is 14.2 Å². The molecule has 0 atom stereocenters. The number of benzene rings is 2. The number of phenols is 1. The minimum Gasteiger partial charge on any atom is -0.504 e.